The highest BCUT2D eigenvalue weighted by atomic mass is 35.5. The lowest BCUT2D eigenvalue weighted by atomic mass is 9.93. The molecule has 3 rings (SSSR count). The van der Waals surface area contributed by atoms with Crippen molar-refractivity contribution >= 4 is 17.5 Å². The van der Waals surface area contributed by atoms with Crippen molar-refractivity contribution in [3.05, 3.63) is 28.6 Å². The molecular formula is C14H18ClN5O2. The topological polar surface area (TPSA) is 77.1 Å². The predicted octanol–water partition coefficient (Wildman–Crippen LogP) is 1.86. The van der Waals surface area contributed by atoms with Gasteiger partial charge in [0.2, 0.25) is 0 Å². The minimum absolute atomic E-state index is 0.00440. The number of carbonyl (C=O) groups is 1. The van der Waals surface area contributed by atoms with Crippen molar-refractivity contribution in [3.8, 4) is 0 Å². The average molecular weight is 324 g/mol. The molecule has 3 heterocycles. The van der Waals surface area contributed by atoms with E-state index in [1.807, 2.05) is 24.9 Å². The van der Waals surface area contributed by atoms with E-state index in [1.165, 1.54) is 0 Å². The maximum Gasteiger partial charge on any atom is 0.320 e. The molecule has 2 aromatic heterocycles. The molecule has 7 nitrogen and oxygen atoms in total. The number of aromatic nitrogens is 4. The number of aryl methyl sites for hydroxylation is 2. The second kappa shape index (κ2) is 6.08. The summed E-state index contributed by atoms with van der Waals surface area (Å²) < 4.78 is 6.49. The maximum absolute atomic E-state index is 12.4. The molecule has 0 atom stereocenters. The van der Waals surface area contributed by atoms with Gasteiger partial charge in [0.05, 0.1) is 0 Å². The monoisotopic (exact) mass is 323 g/mol. The maximum atomic E-state index is 12.4. The Balaban J connectivity index is 1.56. The molecule has 8 heteroatoms. The van der Waals surface area contributed by atoms with Gasteiger partial charge in [-0.15, -0.1) is 0 Å². The summed E-state index contributed by atoms with van der Waals surface area (Å²) in [6.07, 6.45) is 2.58. The molecule has 0 bridgehead atoms. The van der Waals surface area contributed by atoms with E-state index in [2.05, 4.69) is 15.2 Å². The zero-order valence-corrected chi connectivity index (χ0v) is 13.4. The lowest BCUT2D eigenvalue weighted by Gasteiger charge is -2.31. The quantitative estimate of drug-likeness (QED) is 0.861. The first-order valence-corrected chi connectivity index (χ1v) is 7.68. The Morgan fingerprint density at radius 3 is 2.73 bits per heavy atom. The SMILES string of the molecule is Cc1cc(C(=O)N2CCC(Cc3noc(Cl)n3)CC2)nn1C. The normalized spacial score (nSPS) is 16.2. The smallest absolute Gasteiger partial charge is 0.320 e. The number of halogens is 1. The molecule has 1 saturated heterocycles. The van der Waals surface area contributed by atoms with Crippen molar-refractivity contribution in [2.75, 3.05) is 13.1 Å². The molecule has 0 N–H and O–H groups in total. The Hall–Kier alpha value is -1.89. The summed E-state index contributed by atoms with van der Waals surface area (Å²) in [6, 6.07) is 1.83. The van der Waals surface area contributed by atoms with Crippen LogP contribution in [0.3, 0.4) is 0 Å². The van der Waals surface area contributed by atoms with Gasteiger partial charge >= 0.3 is 5.35 Å². The molecule has 2 aromatic rings. The summed E-state index contributed by atoms with van der Waals surface area (Å²) in [6.45, 7) is 3.39. The van der Waals surface area contributed by atoms with Crippen LogP contribution in [0, 0.1) is 12.8 Å². The van der Waals surface area contributed by atoms with E-state index in [9.17, 15) is 4.79 Å². The van der Waals surface area contributed by atoms with Crippen LogP contribution in [0.15, 0.2) is 10.6 Å². The number of hydrogen-bond acceptors (Lipinski definition) is 5. The van der Waals surface area contributed by atoms with Gasteiger partial charge in [-0.3, -0.25) is 9.48 Å². The standard InChI is InChI=1S/C14H18ClN5O2/c1-9-7-11(17-19(9)2)13(21)20-5-3-10(4-6-20)8-12-16-14(15)22-18-12/h7,10H,3-6,8H2,1-2H3. The third kappa shape index (κ3) is 3.14. The van der Waals surface area contributed by atoms with Gasteiger partial charge in [0.15, 0.2) is 11.5 Å². The van der Waals surface area contributed by atoms with Gasteiger partial charge in [0.25, 0.3) is 5.91 Å². The second-order valence-corrected chi connectivity index (χ2v) is 6.02. The summed E-state index contributed by atoms with van der Waals surface area (Å²) in [7, 11) is 1.84. The number of likely N-dealkylation sites (tertiary alicyclic amines) is 1. The summed E-state index contributed by atoms with van der Waals surface area (Å²) in [4.78, 5) is 18.3. The van der Waals surface area contributed by atoms with Crippen molar-refractivity contribution in [1.29, 1.82) is 0 Å². The highest BCUT2D eigenvalue weighted by Crippen LogP contribution is 2.22. The Bertz CT molecular complexity index is 653. The van der Waals surface area contributed by atoms with Crippen molar-refractivity contribution in [1.82, 2.24) is 24.8 Å². The number of piperidine rings is 1. The Labute approximate surface area is 133 Å². The molecule has 1 fully saturated rings. The molecule has 22 heavy (non-hydrogen) atoms. The van der Waals surface area contributed by atoms with Gasteiger partial charge in [-0.2, -0.15) is 10.1 Å². The van der Waals surface area contributed by atoms with Crippen LogP contribution in [0.4, 0.5) is 0 Å². The zero-order chi connectivity index (χ0) is 15.7. The van der Waals surface area contributed by atoms with Crippen molar-refractivity contribution in [2.24, 2.45) is 13.0 Å². The first-order chi connectivity index (χ1) is 10.5. The molecule has 1 aliphatic rings. The van der Waals surface area contributed by atoms with Gasteiger partial charge in [0.1, 0.15) is 0 Å². The van der Waals surface area contributed by atoms with Gasteiger partial charge in [-0.25, -0.2) is 0 Å². The number of carbonyl (C=O) groups excluding carboxylic acids is 1. The zero-order valence-electron chi connectivity index (χ0n) is 12.6. The van der Waals surface area contributed by atoms with Gasteiger partial charge in [0, 0.05) is 32.3 Å². The van der Waals surface area contributed by atoms with Crippen LogP contribution < -0.4 is 0 Å². The van der Waals surface area contributed by atoms with E-state index in [1.54, 1.807) is 4.68 Å². The van der Waals surface area contributed by atoms with E-state index in [4.69, 9.17) is 16.1 Å². The number of hydrogen-bond donors (Lipinski definition) is 0. The molecule has 0 aliphatic carbocycles. The molecule has 1 amide bonds. The van der Waals surface area contributed by atoms with E-state index in [0.717, 1.165) is 38.0 Å². The van der Waals surface area contributed by atoms with Gasteiger partial charge in [-0.1, -0.05) is 5.16 Å². The van der Waals surface area contributed by atoms with Crippen LogP contribution in [-0.2, 0) is 13.5 Å². The molecule has 0 unspecified atom stereocenters. The van der Waals surface area contributed by atoms with E-state index in [0.29, 0.717) is 17.4 Å². The Kier molecular flexibility index (Phi) is 4.15. The molecule has 118 valence electrons. The van der Waals surface area contributed by atoms with Crippen LogP contribution in [0.25, 0.3) is 0 Å². The van der Waals surface area contributed by atoms with Crippen molar-refractivity contribution in [3.63, 3.8) is 0 Å². The summed E-state index contributed by atoms with van der Waals surface area (Å²) in [5.41, 5.74) is 1.50. The molecular weight excluding hydrogens is 306 g/mol. The minimum Gasteiger partial charge on any atom is -0.337 e. The summed E-state index contributed by atoms with van der Waals surface area (Å²) in [5, 5.41) is 8.14. The molecule has 0 aromatic carbocycles. The van der Waals surface area contributed by atoms with Crippen LogP contribution >= 0.6 is 11.6 Å². The van der Waals surface area contributed by atoms with Crippen molar-refractivity contribution < 1.29 is 9.32 Å². The van der Waals surface area contributed by atoms with E-state index < -0.39 is 0 Å². The fourth-order valence-electron chi connectivity index (χ4n) is 2.74. The third-order valence-corrected chi connectivity index (χ3v) is 4.30. The van der Waals surface area contributed by atoms with Gasteiger partial charge in [-0.05, 0) is 43.4 Å². The third-order valence-electron chi connectivity index (χ3n) is 4.15. The minimum atomic E-state index is 0.00440. The van der Waals surface area contributed by atoms with Crippen LogP contribution in [0.2, 0.25) is 5.35 Å². The first-order valence-electron chi connectivity index (χ1n) is 7.31. The van der Waals surface area contributed by atoms with E-state index in [-0.39, 0.29) is 11.3 Å². The highest BCUT2D eigenvalue weighted by molar-refractivity contribution is 6.27. The predicted molar refractivity (Wildman–Crippen MR) is 79.6 cm³/mol. The highest BCUT2D eigenvalue weighted by Gasteiger charge is 2.26. The molecule has 1 aliphatic heterocycles. The van der Waals surface area contributed by atoms with Crippen LogP contribution in [-0.4, -0.2) is 43.8 Å². The molecule has 0 radical (unpaired) electrons. The summed E-state index contributed by atoms with van der Waals surface area (Å²) in [5.74, 6) is 1.09. The fourth-order valence-corrected chi connectivity index (χ4v) is 2.87. The number of nitrogens with zero attached hydrogens (tertiary/aromatic N) is 5. The Morgan fingerprint density at radius 1 is 1.45 bits per heavy atom. The van der Waals surface area contributed by atoms with Crippen LogP contribution in [0.1, 0.15) is 34.8 Å². The largest absolute Gasteiger partial charge is 0.337 e. The fraction of sp³-hybridized carbons (Fsp3) is 0.571. The summed E-state index contributed by atoms with van der Waals surface area (Å²) >= 11 is 5.62. The first kappa shape index (κ1) is 15.0. The number of amides is 1. The second-order valence-electron chi connectivity index (χ2n) is 5.70. The molecule has 0 saturated carbocycles. The lowest BCUT2D eigenvalue weighted by molar-refractivity contribution is 0.0683. The van der Waals surface area contributed by atoms with Gasteiger partial charge < -0.3 is 9.42 Å². The Morgan fingerprint density at radius 2 is 2.18 bits per heavy atom. The number of rotatable bonds is 3. The van der Waals surface area contributed by atoms with E-state index >= 15 is 0 Å². The average Bonchev–Trinajstić information content (AvgIpc) is 3.05. The molecule has 0 spiro atoms. The van der Waals surface area contributed by atoms with Crippen LogP contribution in [0.5, 0.6) is 0 Å². The lowest BCUT2D eigenvalue weighted by Crippen LogP contribution is -2.39. The van der Waals surface area contributed by atoms with Crippen molar-refractivity contribution in [2.45, 2.75) is 26.2 Å².